The van der Waals surface area contributed by atoms with E-state index in [0.29, 0.717) is 0 Å². The summed E-state index contributed by atoms with van der Waals surface area (Å²) in [6.45, 7) is 0. The Kier molecular flexibility index (Phi) is 10.7. The number of furan rings is 3. The van der Waals surface area contributed by atoms with Gasteiger partial charge in [-0.3, -0.25) is 0 Å². The van der Waals surface area contributed by atoms with E-state index in [4.69, 9.17) is 13.3 Å². The topological polar surface area (TPSA) is 75.5 Å². The zero-order chi connectivity index (χ0) is 47.8. The van der Waals surface area contributed by atoms with E-state index in [0.717, 1.165) is 99.9 Å². The van der Waals surface area contributed by atoms with Gasteiger partial charge in [0, 0.05) is 66.1 Å². The van der Waals surface area contributed by atoms with Crippen LogP contribution in [0.25, 0.3) is 98.1 Å². The molecule has 6 nitrogen and oxygen atoms in total. The lowest BCUT2D eigenvalue weighted by Gasteiger charge is -2.11. The monoisotopic (exact) mass is 927 g/mol. The quantitative estimate of drug-likeness (QED) is 0.154. The highest BCUT2D eigenvalue weighted by Crippen LogP contribution is 2.41. The van der Waals surface area contributed by atoms with Crippen LogP contribution < -0.4 is 16.0 Å². The van der Waals surface area contributed by atoms with Gasteiger partial charge in [0.15, 0.2) is 0 Å². The molecule has 15 aromatic rings. The Bertz CT molecular complexity index is 4410. The van der Waals surface area contributed by atoms with Crippen molar-refractivity contribution in [3.8, 4) is 0 Å². The van der Waals surface area contributed by atoms with Crippen molar-refractivity contribution in [2.45, 2.75) is 0 Å². The van der Waals surface area contributed by atoms with Crippen molar-refractivity contribution in [3.63, 3.8) is 0 Å². The fourth-order valence-electron chi connectivity index (χ4n) is 9.86. The molecule has 15 rings (SSSR count). The number of para-hydroxylation sites is 6. The molecule has 0 aliphatic carbocycles. The van der Waals surface area contributed by atoms with Gasteiger partial charge in [0.25, 0.3) is 0 Å². The Balaban J connectivity index is 0.000000105. The molecule has 0 saturated heterocycles. The van der Waals surface area contributed by atoms with Gasteiger partial charge in [-0.1, -0.05) is 152 Å². The number of rotatable bonds is 6. The van der Waals surface area contributed by atoms with Crippen molar-refractivity contribution in [3.05, 3.63) is 255 Å². The summed E-state index contributed by atoms with van der Waals surface area (Å²) < 4.78 is 18.1. The number of fused-ring (bicyclic) bond motifs is 12. The maximum Gasteiger partial charge on any atom is 0.138 e. The highest BCUT2D eigenvalue weighted by Gasteiger charge is 2.16. The summed E-state index contributed by atoms with van der Waals surface area (Å²) in [6.07, 6.45) is 0. The van der Waals surface area contributed by atoms with Crippen LogP contribution in [0.5, 0.6) is 0 Å². The molecule has 0 aliphatic heterocycles. The van der Waals surface area contributed by atoms with Gasteiger partial charge < -0.3 is 29.2 Å². The zero-order valence-corrected chi connectivity index (χ0v) is 39.0. The number of hydrogen-bond donors (Lipinski definition) is 3. The van der Waals surface area contributed by atoms with Gasteiger partial charge in [-0.2, -0.15) is 0 Å². The van der Waals surface area contributed by atoms with Crippen LogP contribution in [0, 0.1) is 0 Å². The molecule has 0 fully saturated rings. The molecule has 0 spiro atoms. The summed E-state index contributed by atoms with van der Waals surface area (Å²) in [7, 11) is 0. The first-order valence-electron chi connectivity index (χ1n) is 24.1. The highest BCUT2D eigenvalue weighted by molar-refractivity contribution is 6.20. The second kappa shape index (κ2) is 18.3. The minimum absolute atomic E-state index is 0.910. The minimum Gasteiger partial charge on any atom is -0.456 e. The Morgan fingerprint density at radius 2 is 0.694 bits per heavy atom. The molecule has 342 valence electrons. The van der Waals surface area contributed by atoms with E-state index in [1.165, 1.54) is 32.3 Å². The van der Waals surface area contributed by atoms with E-state index < -0.39 is 0 Å². The first-order valence-corrected chi connectivity index (χ1v) is 24.1. The van der Waals surface area contributed by atoms with Crippen LogP contribution in [0.15, 0.2) is 268 Å². The Morgan fingerprint density at radius 1 is 0.222 bits per heavy atom. The van der Waals surface area contributed by atoms with Gasteiger partial charge in [-0.15, -0.1) is 0 Å². The predicted octanol–water partition coefficient (Wildman–Crippen LogP) is 19.4. The van der Waals surface area contributed by atoms with Crippen LogP contribution in [0.1, 0.15) is 0 Å². The molecule has 0 aliphatic rings. The van der Waals surface area contributed by atoms with Gasteiger partial charge in [-0.05, 0) is 125 Å². The average Bonchev–Trinajstić information content (AvgIpc) is 4.11. The van der Waals surface area contributed by atoms with Crippen LogP contribution in [0.3, 0.4) is 0 Å². The summed E-state index contributed by atoms with van der Waals surface area (Å²) >= 11 is 0. The molecule has 3 aromatic heterocycles. The first kappa shape index (κ1) is 42.3. The summed E-state index contributed by atoms with van der Waals surface area (Å²) in [4.78, 5) is 0. The van der Waals surface area contributed by atoms with Crippen molar-refractivity contribution in [1.29, 1.82) is 0 Å². The number of nitrogens with one attached hydrogen (secondary N) is 3. The highest BCUT2D eigenvalue weighted by atomic mass is 16.3. The summed E-state index contributed by atoms with van der Waals surface area (Å²) in [5.41, 5.74) is 12.1. The van der Waals surface area contributed by atoms with Crippen LogP contribution in [0.4, 0.5) is 34.1 Å². The van der Waals surface area contributed by atoms with Crippen molar-refractivity contribution in [1.82, 2.24) is 0 Å². The van der Waals surface area contributed by atoms with E-state index >= 15 is 0 Å². The smallest absolute Gasteiger partial charge is 0.138 e. The average molecular weight is 928 g/mol. The van der Waals surface area contributed by atoms with Gasteiger partial charge in [0.05, 0.1) is 11.1 Å². The third kappa shape index (κ3) is 8.13. The lowest BCUT2D eigenvalue weighted by molar-refractivity contribution is 0.669. The van der Waals surface area contributed by atoms with Crippen LogP contribution in [-0.4, -0.2) is 0 Å². The molecule has 6 heteroatoms. The molecule has 0 amide bonds. The maximum atomic E-state index is 6.10. The molecular formula is C66H45N3O3. The zero-order valence-electron chi connectivity index (χ0n) is 39.0. The lowest BCUT2D eigenvalue weighted by Crippen LogP contribution is -1.92. The molecule has 3 N–H and O–H groups in total. The molecule has 0 saturated carbocycles. The standard InChI is InChI=1S/3C22H15NO/c1-2-9-16(10-3-1)23-22-17-11-5-4-8-15(17)14-20-21(22)18-12-6-7-13-19(18)24-20;1-2-8-16(9-3-1)23-20-11-6-7-15-13-22-19(14-18(15)20)17-10-4-5-12-21(17)24-22;1-2-6-17(7-3-1)23-18-11-10-15-14-22-20(13-16(15)12-18)19-8-4-5-9-21(19)24-22/h3*1-14,23H. The van der Waals surface area contributed by atoms with Crippen LogP contribution >= 0.6 is 0 Å². The molecular weight excluding hydrogens is 883 g/mol. The van der Waals surface area contributed by atoms with E-state index in [9.17, 15) is 0 Å². The van der Waals surface area contributed by atoms with Crippen molar-refractivity contribution in [2.75, 3.05) is 16.0 Å². The summed E-state index contributed by atoms with van der Waals surface area (Å²) in [6, 6.07) is 87.2. The molecule has 0 radical (unpaired) electrons. The minimum atomic E-state index is 0.910. The van der Waals surface area contributed by atoms with E-state index in [1.807, 2.05) is 91.0 Å². The maximum absolute atomic E-state index is 6.10. The summed E-state index contributed by atoms with van der Waals surface area (Å²) in [5.74, 6) is 0. The Hall–Kier alpha value is -9.78. The largest absolute Gasteiger partial charge is 0.456 e. The molecule has 12 aromatic carbocycles. The van der Waals surface area contributed by atoms with Gasteiger partial charge in [0.2, 0.25) is 0 Å². The first-order chi connectivity index (χ1) is 35.6. The molecule has 3 heterocycles. The fraction of sp³-hybridized carbons (Fsp3) is 0. The molecule has 0 bridgehead atoms. The molecule has 0 atom stereocenters. The third-order valence-electron chi connectivity index (χ3n) is 13.3. The van der Waals surface area contributed by atoms with E-state index in [1.54, 1.807) is 0 Å². The predicted molar refractivity (Wildman–Crippen MR) is 303 cm³/mol. The number of hydrogen-bond acceptors (Lipinski definition) is 6. The van der Waals surface area contributed by atoms with Gasteiger partial charge in [0.1, 0.15) is 33.5 Å². The van der Waals surface area contributed by atoms with E-state index in [2.05, 4.69) is 180 Å². The van der Waals surface area contributed by atoms with Crippen molar-refractivity contribution in [2.24, 2.45) is 0 Å². The van der Waals surface area contributed by atoms with Gasteiger partial charge >= 0.3 is 0 Å². The summed E-state index contributed by atoms with van der Waals surface area (Å²) in [5, 5.41) is 24.6. The number of anilines is 6. The second-order valence-electron chi connectivity index (χ2n) is 17.9. The van der Waals surface area contributed by atoms with E-state index in [-0.39, 0.29) is 0 Å². The van der Waals surface area contributed by atoms with Crippen molar-refractivity contribution < 1.29 is 13.3 Å². The lowest BCUT2D eigenvalue weighted by atomic mass is 10.0. The molecule has 72 heavy (non-hydrogen) atoms. The SMILES string of the molecule is c1ccc(Nc2c3ccccc3cc3oc4ccccc4c23)cc1.c1ccc(Nc2ccc3cc4oc5ccccc5c4cc3c2)cc1.c1ccc(Nc2cccc3cc4oc5ccccc5c4cc23)cc1. The Morgan fingerprint density at radius 3 is 1.36 bits per heavy atom. The fourth-order valence-corrected chi connectivity index (χ4v) is 9.86. The van der Waals surface area contributed by atoms with Gasteiger partial charge in [-0.25, -0.2) is 0 Å². The van der Waals surface area contributed by atoms with Crippen LogP contribution in [0.2, 0.25) is 0 Å². The third-order valence-corrected chi connectivity index (χ3v) is 13.3. The second-order valence-corrected chi connectivity index (χ2v) is 17.9. The number of benzene rings is 12. The molecule has 0 unspecified atom stereocenters. The van der Waals surface area contributed by atoms with Crippen molar-refractivity contribution >= 4 is 132 Å². The normalized spacial score (nSPS) is 11.3. The van der Waals surface area contributed by atoms with Crippen LogP contribution in [-0.2, 0) is 0 Å². The Labute approximate surface area is 414 Å².